The van der Waals surface area contributed by atoms with Crippen molar-refractivity contribution in [3.8, 4) is 0 Å². The van der Waals surface area contributed by atoms with Crippen LogP contribution in [0.15, 0.2) is 54.6 Å². The second kappa shape index (κ2) is 12.8. The number of halogens is 4. The topological polar surface area (TPSA) is 79.0 Å². The summed E-state index contributed by atoms with van der Waals surface area (Å²) in [5.41, 5.74) is 3.65. The minimum Gasteiger partial charge on any atom is -0.444 e. The van der Waals surface area contributed by atoms with Crippen molar-refractivity contribution in [3.63, 3.8) is 0 Å². The quantitative estimate of drug-likeness (QED) is 0.295. The van der Waals surface area contributed by atoms with E-state index in [0.717, 1.165) is 16.8 Å². The molecular formula is C29H27Cl4N3O4. The normalized spacial score (nSPS) is 15.6. The van der Waals surface area contributed by atoms with E-state index in [1.54, 1.807) is 41.3 Å². The monoisotopic (exact) mass is 621 g/mol. The van der Waals surface area contributed by atoms with Crippen LogP contribution in [0.1, 0.15) is 39.9 Å². The maximum Gasteiger partial charge on any atom is 0.414 e. The summed E-state index contributed by atoms with van der Waals surface area (Å²) in [5.74, 6) is -0.582. The molecule has 2 aliphatic heterocycles. The largest absolute Gasteiger partial charge is 0.444 e. The Balaban J connectivity index is 0.00000370. The molecule has 0 spiro atoms. The van der Waals surface area contributed by atoms with Crippen LogP contribution in [-0.4, -0.2) is 48.4 Å². The molecule has 0 atom stereocenters. The number of anilines is 2. The molecule has 0 aromatic heterocycles. The Morgan fingerprint density at radius 2 is 1.70 bits per heavy atom. The molecule has 2 amide bonds. The summed E-state index contributed by atoms with van der Waals surface area (Å²) < 4.78 is 5.42. The molecule has 5 rings (SSSR count). The van der Waals surface area contributed by atoms with Gasteiger partial charge in [0.25, 0.3) is 0 Å². The molecular weight excluding hydrogens is 596 g/mol. The fourth-order valence-corrected chi connectivity index (χ4v) is 5.91. The average molecular weight is 623 g/mol. The van der Waals surface area contributed by atoms with Crippen molar-refractivity contribution in [1.82, 2.24) is 4.90 Å². The van der Waals surface area contributed by atoms with Crippen molar-refractivity contribution in [2.24, 2.45) is 0 Å². The second-order valence-electron chi connectivity index (χ2n) is 9.71. The number of fused-ring (bicyclic) bond motifs is 1. The first-order valence-corrected chi connectivity index (χ1v) is 13.7. The lowest BCUT2D eigenvalue weighted by Crippen LogP contribution is -2.50. The van der Waals surface area contributed by atoms with E-state index in [2.05, 4.69) is 5.32 Å². The third-order valence-corrected chi connectivity index (χ3v) is 7.82. The number of piperidine rings is 1. The highest BCUT2D eigenvalue weighted by molar-refractivity contribution is 6.36. The summed E-state index contributed by atoms with van der Waals surface area (Å²) in [5, 5.41) is 4.17. The number of aryl methyl sites for hydroxylation is 1. The van der Waals surface area contributed by atoms with Crippen molar-refractivity contribution >= 4 is 76.4 Å². The predicted octanol–water partition coefficient (Wildman–Crippen LogP) is 7.17. The summed E-state index contributed by atoms with van der Waals surface area (Å²) >= 11 is 18.6. The van der Waals surface area contributed by atoms with Gasteiger partial charge in [0.05, 0.1) is 22.9 Å². The molecule has 1 fully saturated rings. The number of likely N-dealkylation sites (tertiary alicyclic amines) is 1. The number of carbonyl (C=O) groups excluding carboxylic acids is 3. The van der Waals surface area contributed by atoms with Crippen LogP contribution in [-0.2, 0) is 16.1 Å². The third kappa shape index (κ3) is 6.40. The molecule has 7 nitrogen and oxygen atoms in total. The number of hydrogen-bond acceptors (Lipinski definition) is 5. The molecule has 1 saturated heterocycles. The number of rotatable bonds is 6. The van der Waals surface area contributed by atoms with E-state index in [1.807, 2.05) is 24.0 Å². The molecule has 0 saturated carbocycles. The van der Waals surface area contributed by atoms with Crippen molar-refractivity contribution < 1.29 is 19.1 Å². The van der Waals surface area contributed by atoms with Crippen LogP contribution in [0.4, 0.5) is 16.2 Å². The number of hydrogen-bond donors (Lipinski definition) is 1. The highest BCUT2D eigenvalue weighted by atomic mass is 35.5. The lowest BCUT2D eigenvalue weighted by molar-refractivity contribution is -0.117. The molecule has 0 unspecified atom stereocenters. The maximum atomic E-state index is 13.2. The minimum atomic E-state index is -0.359. The maximum absolute atomic E-state index is 13.2. The lowest BCUT2D eigenvalue weighted by atomic mass is 9.99. The van der Waals surface area contributed by atoms with E-state index in [1.165, 1.54) is 6.07 Å². The Bertz CT molecular complexity index is 1460. The van der Waals surface area contributed by atoms with E-state index >= 15 is 0 Å². The van der Waals surface area contributed by atoms with Gasteiger partial charge in [0.1, 0.15) is 6.61 Å². The Hall–Kier alpha value is -2.81. The molecule has 210 valence electrons. The zero-order valence-corrected chi connectivity index (χ0v) is 24.7. The van der Waals surface area contributed by atoms with E-state index < -0.39 is 0 Å². The Morgan fingerprint density at radius 1 is 0.975 bits per heavy atom. The van der Waals surface area contributed by atoms with Crippen LogP contribution < -0.4 is 10.2 Å². The van der Waals surface area contributed by atoms with Crippen molar-refractivity contribution in [2.45, 2.75) is 32.4 Å². The fraction of sp³-hybridized carbons (Fsp3) is 0.276. The molecule has 3 aromatic carbocycles. The van der Waals surface area contributed by atoms with E-state index in [0.29, 0.717) is 52.2 Å². The summed E-state index contributed by atoms with van der Waals surface area (Å²) in [6.45, 7) is 3.53. The van der Waals surface area contributed by atoms with Gasteiger partial charge in [-0.1, -0.05) is 46.9 Å². The zero-order valence-electron chi connectivity index (χ0n) is 21.6. The smallest absolute Gasteiger partial charge is 0.414 e. The van der Waals surface area contributed by atoms with Crippen LogP contribution >= 0.6 is 47.2 Å². The van der Waals surface area contributed by atoms with Crippen LogP contribution in [0, 0.1) is 6.92 Å². The van der Waals surface area contributed by atoms with Crippen LogP contribution in [0.3, 0.4) is 0 Å². The molecule has 2 aliphatic rings. The van der Waals surface area contributed by atoms with Crippen LogP contribution in [0.25, 0.3) is 0 Å². The number of nitrogens with one attached hydrogen (secondary N) is 1. The third-order valence-electron chi connectivity index (χ3n) is 7.04. The molecule has 1 N–H and O–H groups in total. The van der Waals surface area contributed by atoms with Gasteiger partial charge >= 0.3 is 6.09 Å². The van der Waals surface area contributed by atoms with E-state index in [4.69, 9.17) is 39.5 Å². The Kier molecular flexibility index (Phi) is 9.64. The van der Waals surface area contributed by atoms with E-state index in [9.17, 15) is 14.4 Å². The minimum absolute atomic E-state index is 0. The van der Waals surface area contributed by atoms with Gasteiger partial charge in [0, 0.05) is 45.9 Å². The van der Waals surface area contributed by atoms with Gasteiger partial charge in [-0.05, 0) is 67.8 Å². The van der Waals surface area contributed by atoms with Gasteiger partial charge in [-0.2, -0.15) is 0 Å². The zero-order chi connectivity index (χ0) is 27.7. The van der Waals surface area contributed by atoms with Gasteiger partial charge < -0.3 is 10.1 Å². The lowest BCUT2D eigenvalue weighted by Gasteiger charge is -2.40. The highest BCUT2D eigenvalue weighted by Crippen LogP contribution is 2.36. The molecule has 40 heavy (non-hydrogen) atoms. The SMILES string of the molecule is Cc1cc(Cl)cc2c1N(C1CCN(CC(=O)Nc3ccc(Cl)cc3C(=O)c3ccccc3Cl)CC1)C(=O)OC2.Cl. The van der Waals surface area contributed by atoms with Crippen molar-refractivity contribution in [3.05, 3.63) is 91.9 Å². The Morgan fingerprint density at radius 3 is 2.42 bits per heavy atom. The number of ether oxygens (including phenoxy) is 1. The first kappa shape index (κ1) is 30.2. The summed E-state index contributed by atoms with van der Waals surface area (Å²) in [6.07, 6.45) is 1.00. The summed E-state index contributed by atoms with van der Waals surface area (Å²) in [7, 11) is 0. The first-order valence-electron chi connectivity index (χ1n) is 12.6. The Labute approximate surface area is 253 Å². The molecule has 0 aliphatic carbocycles. The van der Waals surface area contributed by atoms with Crippen LogP contribution in [0.5, 0.6) is 0 Å². The number of amides is 2. The highest BCUT2D eigenvalue weighted by Gasteiger charge is 2.35. The fourth-order valence-electron chi connectivity index (χ4n) is 5.22. The number of ketones is 1. The van der Waals surface area contributed by atoms with Crippen LogP contribution in [0.2, 0.25) is 15.1 Å². The molecule has 2 heterocycles. The van der Waals surface area contributed by atoms with Gasteiger partial charge in [-0.15, -0.1) is 12.4 Å². The van der Waals surface area contributed by atoms with Gasteiger partial charge in [0.15, 0.2) is 5.78 Å². The average Bonchev–Trinajstić information content (AvgIpc) is 2.90. The standard InChI is InChI=1S/C29H26Cl3N3O4.ClH/c1-17-12-20(31)13-18-16-39-29(38)35(27(17)18)21-8-10-34(11-9-21)15-26(36)33-25-7-6-19(30)14-23(25)28(37)22-4-2-3-5-24(22)32;/h2-7,12-14,21H,8-11,15-16H2,1H3,(H,33,36);1H. The van der Waals surface area contributed by atoms with Gasteiger partial charge in [0.2, 0.25) is 5.91 Å². The van der Waals surface area contributed by atoms with E-state index in [-0.39, 0.29) is 54.9 Å². The van der Waals surface area contributed by atoms with Crippen molar-refractivity contribution in [1.29, 1.82) is 0 Å². The molecule has 3 aromatic rings. The second-order valence-corrected chi connectivity index (χ2v) is 11.0. The summed E-state index contributed by atoms with van der Waals surface area (Å²) in [4.78, 5) is 42.7. The molecule has 11 heteroatoms. The van der Waals surface area contributed by atoms with Gasteiger partial charge in [-0.3, -0.25) is 19.4 Å². The first-order chi connectivity index (χ1) is 18.7. The number of cyclic esters (lactones) is 1. The predicted molar refractivity (Wildman–Crippen MR) is 161 cm³/mol. The van der Waals surface area contributed by atoms with Gasteiger partial charge in [-0.25, -0.2) is 4.79 Å². The number of carbonyl (C=O) groups is 3. The molecule has 0 bridgehead atoms. The molecule has 0 radical (unpaired) electrons. The summed E-state index contributed by atoms with van der Waals surface area (Å²) in [6, 6.07) is 15.1. The number of nitrogens with zero attached hydrogens (tertiary/aromatic N) is 2. The van der Waals surface area contributed by atoms with Crippen molar-refractivity contribution in [2.75, 3.05) is 29.9 Å². The number of benzene rings is 3.